The lowest BCUT2D eigenvalue weighted by Crippen LogP contribution is -2.60. The lowest BCUT2D eigenvalue weighted by molar-refractivity contribution is -0.312. The van der Waals surface area contributed by atoms with Crippen LogP contribution in [0.1, 0.15) is 0 Å². The second kappa shape index (κ2) is 7.34. The van der Waals surface area contributed by atoms with Crippen LogP contribution < -0.4 is 0 Å². The van der Waals surface area contributed by atoms with E-state index in [1.54, 1.807) is 0 Å². The first-order valence-electron chi connectivity index (χ1n) is 6.95. The van der Waals surface area contributed by atoms with Gasteiger partial charge in [0.1, 0.15) is 36.6 Å². The van der Waals surface area contributed by atoms with Crippen LogP contribution in [0.25, 0.3) is 0 Å². The van der Waals surface area contributed by atoms with Crippen molar-refractivity contribution in [2.75, 3.05) is 13.2 Å². The third-order valence-corrected chi connectivity index (χ3v) is 3.83. The zero-order valence-electron chi connectivity index (χ0n) is 11.9. The highest BCUT2D eigenvalue weighted by atomic mass is 16.7. The Hall–Kier alpha value is -0.890. The summed E-state index contributed by atoms with van der Waals surface area (Å²) >= 11 is 0. The molecular weight excluding hydrogens is 320 g/mol. The van der Waals surface area contributed by atoms with E-state index in [0.717, 1.165) is 0 Å². The van der Waals surface area contributed by atoms with Gasteiger partial charge in [-0.25, -0.2) is 4.79 Å². The van der Waals surface area contributed by atoms with Gasteiger partial charge in [-0.1, -0.05) is 0 Å². The van der Waals surface area contributed by atoms with Crippen LogP contribution in [0.3, 0.4) is 0 Å². The third kappa shape index (κ3) is 3.47. The van der Waals surface area contributed by atoms with Crippen molar-refractivity contribution >= 4 is 5.97 Å². The van der Waals surface area contributed by atoms with Crippen molar-refractivity contribution in [2.24, 2.45) is 0 Å². The number of hydrogen-bond donors (Lipinski definition) is 7. The first-order chi connectivity index (χ1) is 10.8. The molecule has 0 radical (unpaired) electrons. The largest absolute Gasteiger partial charge is 0.455 e. The van der Waals surface area contributed by atoms with E-state index < -0.39 is 74.3 Å². The molecule has 11 heteroatoms. The van der Waals surface area contributed by atoms with Crippen LogP contribution in [0.4, 0.5) is 0 Å². The molecule has 134 valence electrons. The Morgan fingerprint density at radius 1 is 1.04 bits per heavy atom. The number of hydrogen-bond acceptors (Lipinski definition) is 11. The van der Waals surface area contributed by atoms with Gasteiger partial charge < -0.3 is 50.0 Å². The summed E-state index contributed by atoms with van der Waals surface area (Å²) < 4.78 is 14.8. The molecule has 0 aromatic heterocycles. The summed E-state index contributed by atoms with van der Waals surface area (Å²) in [6.07, 6.45) is -14.2. The second-order valence-corrected chi connectivity index (χ2v) is 5.40. The molecule has 2 aliphatic heterocycles. The Bertz CT molecular complexity index is 416. The van der Waals surface area contributed by atoms with E-state index in [1.807, 2.05) is 0 Å². The molecule has 7 N–H and O–H groups in total. The van der Waals surface area contributed by atoms with Gasteiger partial charge in [0.25, 0.3) is 0 Å². The van der Waals surface area contributed by atoms with Crippen molar-refractivity contribution in [3.8, 4) is 0 Å². The highest BCUT2D eigenvalue weighted by Crippen LogP contribution is 2.27. The molecule has 0 spiro atoms. The fraction of sp³-hybridized carbons (Fsp3) is 0.917. The van der Waals surface area contributed by atoms with Crippen molar-refractivity contribution in [2.45, 2.75) is 55.1 Å². The van der Waals surface area contributed by atoms with Crippen LogP contribution in [0.2, 0.25) is 0 Å². The fourth-order valence-electron chi connectivity index (χ4n) is 2.45. The van der Waals surface area contributed by atoms with E-state index in [-0.39, 0.29) is 0 Å². The second-order valence-electron chi connectivity index (χ2n) is 5.40. The zero-order valence-corrected chi connectivity index (χ0v) is 11.9. The highest BCUT2D eigenvalue weighted by molar-refractivity contribution is 5.78. The minimum Gasteiger partial charge on any atom is -0.455 e. The van der Waals surface area contributed by atoms with Crippen LogP contribution in [0, 0.1) is 0 Å². The topological polar surface area (TPSA) is 186 Å². The molecule has 2 unspecified atom stereocenters. The lowest BCUT2D eigenvalue weighted by Gasteiger charge is -2.40. The van der Waals surface area contributed by atoms with Crippen LogP contribution in [-0.4, -0.2) is 110 Å². The van der Waals surface area contributed by atoms with Crippen LogP contribution in [-0.2, 0) is 19.0 Å². The molecule has 0 saturated carbocycles. The van der Waals surface area contributed by atoms with Gasteiger partial charge in [0.05, 0.1) is 13.2 Å². The molecule has 2 aliphatic rings. The summed E-state index contributed by atoms with van der Waals surface area (Å²) in [6, 6.07) is 0. The van der Waals surface area contributed by atoms with E-state index in [2.05, 4.69) is 0 Å². The first kappa shape index (κ1) is 18.4. The standard InChI is InChI=1S/C12H20O11/c13-1-3(15)9-8(19)10(11(20)22-9)23-12-7(18)6(17)5(16)4(2-14)21-12/h3-10,12-19H,1-2H2/t3-,4+,5+,6-,7+,8?,9+,10?,12+/m0/s1. The summed E-state index contributed by atoms with van der Waals surface area (Å²) in [5.74, 6) is -1.06. The van der Waals surface area contributed by atoms with Gasteiger partial charge in [0, 0.05) is 0 Å². The number of cyclic esters (lactones) is 1. The number of ether oxygens (including phenoxy) is 3. The summed E-state index contributed by atoms with van der Waals surface area (Å²) in [5, 5.41) is 66.4. The average molecular weight is 340 g/mol. The Morgan fingerprint density at radius 2 is 1.70 bits per heavy atom. The summed E-state index contributed by atoms with van der Waals surface area (Å²) in [7, 11) is 0. The quantitative estimate of drug-likeness (QED) is 0.237. The number of rotatable bonds is 5. The van der Waals surface area contributed by atoms with Crippen LogP contribution in [0.5, 0.6) is 0 Å². The number of esters is 1. The lowest BCUT2D eigenvalue weighted by atomic mass is 9.99. The summed E-state index contributed by atoms with van der Waals surface area (Å²) in [4.78, 5) is 11.7. The normalized spacial score (nSPS) is 45.8. The molecule has 11 nitrogen and oxygen atoms in total. The number of aliphatic hydroxyl groups excluding tert-OH is 7. The van der Waals surface area contributed by atoms with Gasteiger partial charge in [-0.2, -0.15) is 0 Å². The SMILES string of the molecule is O=C1O[C@H]([C@@H](O)CO)C(O)C1O[C@H]1O[C@H](CO)[C@@H](O)[C@H](O)[C@H]1O. The van der Waals surface area contributed by atoms with Gasteiger partial charge in [-0.3, -0.25) is 0 Å². The van der Waals surface area contributed by atoms with Gasteiger partial charge in [-0.05, 0) is 0 Å². The average Bonchev–Trinajstić information content (AvgIpc) is 2.82. The highest BCUT2D eigenvalue weighted by Gasteiger charge is 2.52. The Kier molecular flexibility index (Phi) is 5.89. The van der Waals surface area contributed by atoms with Crippen molar-refractivity contribution in [3.63, 3.8) is 0 Å². The molecule has 9 atom stereocenters. The zero-order chi connectivity index (χ0) is 17.3. The monoisotopic (exact) mass is 340 g/mol. The molecule has 0 aliphatic carbocycles. The maximum absolute atomic E-state index is 11.7. The number of carbonyl (C=O) groups is 1. The maximum Gasteiger partial charge on any atom is 0.338 e. The van der Waals surface area contributed by atoms with E-state index in [1.165, 1.54) is 0 Å². The third-order valence-electron chi connectivity index (χ3n) is 3.83. The molecule has 2 fully saturated rings. The van der Waals surface area contributed by atoms with Crippen LogP contribution in [0.15, 0.2) is 0 Å². The van der Waals surface area contributed by atoms with Crippen molar-refractivity contribution in [3.05, 3.63) is 0 Å². The van der Waals surface area contributed by atoms with Crippen molar-refractivity contribution < 1.29 is 54.8 Å². The molecule has 2 heterocycles. The van der Waals surface area contributed by atoms with Crippen molar-refractivity contribution in [1.82, 2.24) is 0 Å². The smallest absolute Gasteiger partial charge is 0.338 e. The van der Waals surface area contributed by atoms with Gasteiger partial charge in [0.2, 0.25) is 0 Å². The molecule has 23 heavy (non-hydrogen) atoms. The van der Waals surface area contributed by atoms with Gasteiger partial charge in [-0.15, -0.1) is 0 Å². The molecule has 0 aromatic rings. The van der Waals surface area contributed by atoms with Gasteiger partial charge in [0.15, 0.2) is 18.5 Å². The summed E-state index contributed by atoms with van der Waals surface area (Å²) in [6.45, 7) is -1.45. The first-order valence-corrected chi connectivity index (χ1v) is 6.95. The van der Waals surface area contributed by atoms with E-state index in [4.69, 9.17) is 24.4 Å². The number of aliphatic hydroxyl groups is 7. The molecule has 0 amide bonds. The Labute approximate surface area is 130 Å². The molecular formula is C12H20O11. The van der Waals surface area contributed by atoms with Gasteiger partial charge >= 0.3 is 5.97 Å². The fourth-order valence-corrected chi connectivity index (χ4v) is 2.45. The van der Waals surface area contributed by atoms with Crippen molar-refractivity contribution in [1.29, 1.82) is 0 Å². The summed E-state index contributed by atoms with van der Waals surface area (Å²) in [5.41, 5.74) is 0. The minimum absolute atomic E-state index is 0.686. The van der Waals surface area contributed by atoms with E-state index in [0.29, 0.717) is 0 Å². The predicted octanol–water partition coefficient (Wildman–Crippen LogP) is -5.19. The molecule has 0 bridgehead atoms. The molecule has 2 saturated heterocycles. The minimum atomic E-state index is -1.75. The van der Waals surface area contributed by atoms with E-state index >= 15 is 0 Å². The Balaban J connectivity index is 2.07. The van der Waals surface area contributed by atoms with E-state index in [9.17, 15) is 30.3 Å². The predicted molar refractivity (Wildman–Crippen MR) is 67.6 cm³/mol. The molecule has 2 rings (SSSR count). The number of carbonyl (C=O) groups excluding carboxylic acids is 1. The van der Waals surface area contributed by atoms with Crippen LogP contribution >= 0.6 is 0 Å². The Morgan fingerprint density at radius 3 is 2.26 bits per heavy atom. The maximum atomic E-state index is 11.7. The molecule has 0 aromatic carbocycles.